The highest BCUT2D eigenvalue weighted by Gasteiger charge is 2.42. The van der Waals surface area contributed by atoms with Crippen molar-refractivity contribution in [3.63, 3.8) is 0 Å². The largest absolute Gasteiger partial charge is 0.418 e. The van der Waals surface area contributed by atoms with Crippen LogP contribution in [0.5, 0.6) is 0 Å². The molecule has 0 radical (unpaired) electrons. The SMILES string of the molecule is CC(C)(C)c1c(Cl)nc(N)c(C#N)c1C(F)(F)F. The molecule has 0 unspecified atom stereocenters. The molecule has 0 spiro atoms. The summed E-state index contributed by atoms with van der Waals surface area (Å²) in [4.78, 5) is 3.61. The molecule has 0 aliphatic heterocycles. The maximum absolute atomic E-state index is 13.1. The highest BCUT2D eigenvalue weighted by molar-refractivity contribution is 6.30. The van der Waals surface area contributed by atoms with Crippen LogP contribution in [-0.2, 0) is 11.6 Å². The van der Waals surface area contributed by atoms with E-state index in [2.05, 4.69) is 4.98 Å². The number of hydrogen-bond acceptors (Lipinski definition) is 3. The van der Waals surface area contributed by atoms with Crippen LogP contribution in [0.2, 0.25) is 5.15 Å². The molecule has 0 bridgehead atoms. The van der Waals surface area contributed by atoms with Gasteiger partial charge in [0, 0.05) is 5.56 Å². The van der Waals surface area contributed by atoms with Crippen LogP contribution >= 0.6 is 11.6 Å². The molecule has 0 aliphatic carbocycles. The second-order valence-corrected chi connectivity index (χ2v) is 5.13. The third-order valence-electron chi connectivity index (χ3n) is 2.33. The van der Waals surface area contributed by atoms with Crippen LogP contribution in [0.25, 0.3) is 0 Å². The van der Waals surface area contributed by atoms with Crippen LogP contribution in [0.1, 0.15) is 37.5 Å². The number of anilines is 1. The van der Waals surface area contributed by atoms with Crippen LogP contribution in [0.4, 0.5) is 19.0 Å². The van der Waals surface area contributed by atoms with E-state index in [0.29, 0.717) is 0 Å². The summed E-state index contributed by atoms with van der Waals surface area (Å²) >= 11 is 5.75. The Balaban J connectivity index is 3.88. The van der Waals surface area contributed by atoms with Crippen molar-refractivity contribution in [3.8, 4) is 6.07 Å². The van der Waals surface area contributed by atoms with E-state index in [-0.39, 0.29) is 10.7 Å². The van der Waals surface area contributed by atoms with E-state index in [9.17, 15) is 13.2 Å². The molecule has 0 amide bonds. The van der Waals surface area contributed by atoms with Gasteiger partial charge in [0.1, 0.15) is 22.6 Å². The van der Waals surface area contributed by atoms with Crippen LogP contribution in [-0.4, -0.2) is 4.98 Å². The molecule has 7 heteroatoms. The van der Waals surface area contributed by atoms with Gasteiger partial charge in [0.05, 0.1) is 5.56 Å². The van der Waals surface area contributed by atoms with Gasteiger partial charge in [0.15, 0.2) is 0 Å². The Kier molecular flexibility index (Phi) is 3.50. The van der Waals surface area contributed by atoms with Crippen molar-refractivity contribution in [2.75, 3.05) is 5.73 Å². The lowest BCUT2D eigenvalue weighted by Crippen LogP contribution is -2.23. The topological polar surface area (TPSA) is 62.7 Å². The fourth-order valence-electron chi connectivity index (χ4n) is 1.65. The van der Waals surface area contributed by atoms with E-state index in [1.807, 2.05) is 0 Å². The number of hydrogen-bond donors (Lipinski definition) is 1. The minimum absolute atomic E-state index is 0.220. The summed E-state index contributed by atoms with van der Waals surface area (Å²) < 4.78 is 39.3. The zero-order valence-electron chi connectivity index (χ0n) is 9.98. The Bertz CT molecular complexity index is 524. The van der Waals surface area contributed by atoms with Gasteiger partial charge in [-0.05, 0) is 5.41 Å². The van der Waals surface area contributed by atoms with Gasteiger partial charge in [-0.2, -0.15) is 18.4 Å². The molecule has 0 saturated heterocycles. The Morgan fingerprint density at radius 2 is 1.72 bits per heavy atom. The van der Waals surface area contributed by atoms with E-state index in [0.717, 1.165) is 0 Å². The molecule has 98 valence electrons. The van der Waals surface area contributed by atoms with Crippen molar-refractivity contribution >= 4 is 17.4 Å². The lowest BCUT2D eigenvalue weighted by molar-refractivity contribution is -0.138. The summed E-state index contributed by atoms with van der Waals surface area (Å²) in [6.45, 7) is 4.67. The van der Waals surface area contributed by atoms with Gasteiger partial charge in [0.25, 0.3) is 0 Å². The zero-order chi connectivity index (χ0) is 14.3. The molecule has 1 rings (SSSR count). The number of halogens is 4. The van der Waals surface area contributed by atoms with Crippen LogP contribution in [0.15, 0.2) is 0 Å². The Morgan fingerprint density at radius 1 is 1.22 bits per heavy atom. The monoisotopic (exact) mass is 277 g/mol. The lowest BCUT2D eigenvalue weighted by Gasteiger charge is -2.26. The van der Waals surface area contributed by atoms with E-state index in [1.165, 1.54) is 6.07 Å². The molecule has 1 aromatic rings. The highest BCUT2D eigenvalue weighted by Crippen LogP contribution is 2.43. The molecule has 0 saturated carbocycles. The van der Waals surface area contributed by atoms with Crippen molar-refractivity contribution < 1.29 is 13.2 Å². The summed E-state index contributed by atoms with van der Waals surface area (Å²) in [5.41, 5.74) is 2.41. The molecule has 0 atom stereocenters. The third-order valence-corrected chi connectivity index (χ3v) is 2.60. The Labute approximate surface area is 107 Å². The normalized spacial score (nSPS) is 12.3. The first-order chi connectivity index (χ1) is 8.00. The first-order valence-corrected chi connectivity index (χ1v) is 5.34. The Morgan fingerprint density at radius 3 is 2.06 bits per heavy atom. The van der Waals surface area contributed by atoms with Crippen molar-refractivity contribution in [1.29, 1.82) is 5.26 Å². The van der Waals surface area contributed by atoms with E-state index in [4.69, 9.17) is 22.6 Å². The van der Waals surface area contributed by atoms with Crippen molar-refractivity contribution in [2.45, 2.75) is 32.4 Å². The fourth-order valence-corrected chi connectivity index (χ4v) is 2.12. The van der Waals surface area contributed by atoms with Crippen LogP contribution in [0, 0.1) is 11.3 Å². The van der Waals surface area contributed by atoms with Gasteiger partial charge < -0.3 is 5.73 Å². The summed E-state index contributed by atoms with van der Waals surface area (Å²) in [5.74, 6) is -0.511. The van der Waals surface area contributed by atoms with E-state index >= 15 is 0 Å². The number of pyridine rings is 1. The molecule has 18 heavy (non-hydrogen) atoms. The molecule has 1 heterocycles. The third kappa shape index (κ3) is 2.51. The summed E-state index contributed by atoms with van der Waals surface area (Å²) in [7, 11) is 0. The number of aromatic nitrogens is 1. The molecule has 0 fully saturated rings. The van der Waals surface area contributed by atoms with Gasteiger partial charge in [-0.25, -0.2) is 4.98 Å². The van der Waals surface area contributed by atoms with E-state index in [1.54, 1.807) is 20.8 Å². The summed E-state index contributed by atoms with van der Waals surface area (Å²) in [6.07, 6.45) is -4.71. The molecule has 3 nitrogen and oxygen atoms in total. The number of nitrogens with two attached hydrogens (primary N) is 1. The lowest BCUT2D eigenvalue weighted by atomic mass is 9.83. The summed E-state index contributed by atoms with van der Waals surface area (Å²) in [5, 5.41) is 8.50. The Hall–Kier alpha value is -1.48. The smallest absolute Gasteiger partial charge is 0.383 e. The highest BCUT2D eigenvalue weighted by atomic mass is 35.5. The predicted molar refractivity (Wildman–Crippen MR) is 62.1 cm³/mol. The molecular weight excluding hydrogens is 267 g/mol. The van der Waals surface area contributed by atoms with Gasteiger partial charge >= 0.3 is 6.18 Å². The second-order valence-electron chi connectivity index (χ2n) is 4.77. The quantitative estimate of drug-likeness (QED) is 0.738. The predicted octanol–water partition coefficient (Wildman–Crippen LogP) is 3.51. The standard InChI is InChI=1S/C11H11ClF3N3/c1-10(2,3)7-6(11(13,14)15)5(4-16)9(17)18-8(7)12/h1-3H3,(H2,17,18). The number of nitriles is 1. The molecule has 1 aromatic heterocycles. The molecule has 0 aliphatic rings. The van der Waals surface area contributed by atoms with Crippen LogP contribution < -0.4 is 5.73 Å². The van der Waals surface area contributed by atoms with Crippen molar-refractivity contribution in [3.05, 3.63) is 21.8 Å². The van der Waals surface area contributed by atoms with Gasteiger partial charge in [-0.15, -0.1) is 0 Å². The first kappa shape index (κ1) is 14.6. The minimum atomic E-state index is -4.71. The molecular formula is C11H11ClF3N3. The van der Waals surface area contributed by atoms with Crippen molar-refractivity contribution in [1.82, 2.24) is 4.98 Å². The zero-order valence-corrected chi connectivity index (χ0v) is 10.7. The van der Waals surface area contributed by atoms with Gasteiger partial charge in [0.2, 0.25) is 0 Å². The number of nitrogens with zero attached hydrogens (tertiary/aromatic N) is 2. The maximum Gasteiger partial charge on any atom is 0.418 e. The minimum Gasteiger partial charge on any atom is -0.383 e. The van der Waals surface area contributed by atoms with Crippen molar-refractivity contribution in [2.24, 2.45) is 0 Å². The molecule has 2 N–H and O–H groups in total. The van der Waals surface area contributed by atoms with Gasteiger partial charge in [-0.1, -0.05) is 32.4 Å². The second kappa shape index (κ2) is 4.32. The van der Waals surface area contributed by atoms with Gasteiger partial charge in [-0.3, -0.25) is 0 Å². The average Bonchev–Trinajstić information content (AvgIpc) is 2.12. The first-order valence-electron chi connectivity index (χ1n) is 4.97. The van der Waals surface area contributed by atoms with Crippen LogP contribution in [0.3, 0.4) is 0 Å². The molecule has 0 aromatic carbocycles. The number of rotatable bonds is 0. The maximum atomic E-state index is 13.1. The summed E-state index contributed by atoms with van der Waals surface area (Å²) in [6, 6.07) is 1.44. The average molecular weight is 278 g/mol. The number of alkyl halides is 3. The fraction of sp³-hybridized carbons (Fsp3) is 0.455. The van der Waals surface area contributed by atoms with E-state index < -0.39 is 28.5 Å². The number of nitrogen functional groups attached to an aromatic ring is 1.